The summed E-state index contributed by atoms with van der Waals surface area (Å²) >= 11 is 3.46. The van der Waals surface area contributed by atoms with Gasteiger partial charge in [0.05, 0.1) is 17.7 Å². The van der Waals surface area contributed by atoms with Gasteiger partial charge in [-0.15, -0.1) is 0 Å². The highest BCUT2D eigenvalue weighted by Crippen LogP contribution is 2.19. The third-order valence-corrected chi connectivity index (χ3v) is 3.88. The van der Waals surface area contributed by atoms with Crippen molar-refractivity contribution < 1.29 is 5.11 Å². The fourth-order valence-electron chi connectivity index (χ4n) is 2.08. The Bertz CT molecular complexity index is 634. The van der Waals surface area contributed by atoms with Gasteiger partial charge in [-0.3, -0.25) is 0 Å². The third kappa shape index (κ3) is 4.40. The van der Waals surface area contributed by atoms with E-state index < -0.39 is 6.10 Å². The van der Waals surface area contributed by atoms with Gasteiger partial charge in [0.2, 0.25) is 0 Å². The van der Waals surface area contributed by atoms with Crippen LogP contribution in [0.2, 0.25) is 0 Å². The van der Waals surface area contributed by atoms with Gasteiger partial charge in [0, 0.05) is 17.1 Å². The second kappa shape index (κ2) is 7.37. The summed E-state index contributed by atoms with van der Waals surface area (Å²) in [5.74, 6) is 0. The largest absolute Gasteiger partial charge is 0.387 e. The molecule has 2 unspecified atom stereocenters. The first kappa shape index (κ1) is 15.7. The van der Waals surface area contributed by atoms with E-state index >= 15 is 0 Å². The van der Waals surface area contributed by atoms with Crippen LogP contribution in [0.1, 0.15) is 35.8 Å². The van der Waals surface area contributed by atoms with Crippen molar-refractivity contribution in [2.24, 2.45) is 0 Å². The van der Waals surface area contributed by atoms with Crippen molar-refractivity contribution in [2.45, 2.75) is 19.1 Å². The van der Waals surface area contributed by atoms with Crippen molar-refractivity contribution in [3.05, 3.63) is 69.7 Å². The average Bonchev–Trinajstić information content (AvgIpc) is 2.52. The molecule has 2 atom stereocenters. The molecule has 0 aromatic heterocycles. The SMILES string of the molecule is CC(NCC(O)c1ccc(C#N)cc1)c1cccc(Br)c1. The number of hydrogen-bond acceptors (Lipinski definition) is 3. The van der Waals surface area contributed by atoms with Gasteiger partial charge in [0.15, 0.2) is 0 Å². The zero-order valence-corrected chi connectivity index (χ0v) is 13.3. The maximum absolute atomic E-state index is 10.2. The highest BCUT2D eigenvalue weighted by Gasteiger charge is 2.11. The highest BCUT2D eigenvalue weighted by molar-refractivity contribution is 9.10. The van der Waals surface area contributed by atoms with Crippen LogP contribution < -0.4 is 5.32 Å². The van der Waals surface area contributed by atoms with Crippen molar-refractivity contribution in [2.75, 3.05) is 6.54 Å². The first-order valence-corrected chi connectivity index (χ1v) is 7.56. The van der Waals surface area contributed by atoms with Crippen molar-refractivity contribution >= 4 is 15.9 Å². The predicted octanol–water partition coefficient (Wildman–Crippen LogP) is 3.70. The minimum Gasteiger partial charge on any atom is -0.387 e. The molecule has 0 fully saturated rings. The van der Waals surface area contributed by atoms with Gasteiger partial charge < -0.3 is 10.4 Å². The predicted molar refractivity (Wildman–Crippen MR) is 86.7 cm³/mol. The summed E-state index contributed by atoms with van der Waals surface area (Å²) in [6, 6.07) is 17.3. The summed E-state index contributed by atoms with van der Waals surface area (Å²) in [5.41, 5.74) is 2.57. The number of nitrogens with one attached hydrogen (secondary N) is 1. The Morgan fingerprint density at radius 3 is 2.52 bits per heavy atom. The lowest BCUT2D eigenvalue weighted by atomic mass is 10.1. The standard InChI is InChI=1S/C17H17BrN2O/c1-12(15-3-2-4-16(18)9-15)20-11-17(21)14-7-5-13(10-19)6-8-14/h2-9,12,17,20-21H,11H2,1H3. The molecule has 0 aliphatic heterocycles. The van der Waals surface area contributed by atoms with E-state index in [-0.39, 0.29) is 6.04 Å². The molecule has 3 nitrogen and oxygen atoms in total. The minimum atomic E-state index is -0.590. The van der Waals surface area contributed by atoms with E-state index in [1.165, 1.54) is 0 Å². The molecule has 2 aromatic carbocycles. The Morgan fingerprint density at radius 1 is 1.19 bits per heavy atom. The average molecular weight is 345 g/mol. The first-order valence-electron chi connectivity index (χ1n) is 6.77. The molecule has 0 bridgehead atoms. The van der Waals surface area contributed by atoms with Gasteiger partial charge in [0.25, 0.3) is 0 Å². The normalized spacial score (nSPS) is 13.4. The molecule has 21 heavy (non-hydrogen) atoms. The molecule has 0 radical (unpaired) electrons. The molecular formula is C17H17BrN2O. The highest BCUT2D eigenvalue weighted by atomic mass is 79.9. The van der Waals surface area contributed by atoms with Gasteiger partial charge >= 0.3 is 0 Å². The van der Waals surface area contributed by atoms with Crippen LogP contribution in [-0.4, -0.2) is 11.7 Å². The topological polar surface area (TPSA) is 56.0 Å². The maximum Gasteiger partial charge on any atom is 0.0991 e. The van der Waals surface area contributed by atoms with E-state index in [1.807, 2.05) is 12.1 Å². The second-order valence-corrected chi connectivity index (χ2v) is 5.85. The van der Waals surface area contributed by atoms with Gasteiger partial charge in [-0.05, 0) is 42.3 Å². The smallest absolute Gasteiger partial charge is 0.0991 e. The second-order valence-electron chi connectivity index (χ2n) is 4.93. The number of aliphatic hydroxyl groups excluding tert-OH is 1. The van der Waals surface area contributed by atoms with E-state index in [1.54, 1.807) is 24.3 Å². The number of nitriles is 1. The van der Waals surface area contributed by atoms with Crippen LogP contribution in [0.3, 0.4) is 0 Å². The van der Waals surface area contributed by atoms with Gasteiger partial charge in [-0.2, -0.15) is 5.26 Å². The van der Waals surface area contributed by atoms with Gasteiger partial charge in [-0.1, -0.05) is 40.2 Å². The zero-order valence-electron chi connectivity index (χ0n) is 11.8. The molecule has 2 N–H and O–H groups in total. The molecule has 108 valence electrons. The monoisotopic (exact) mass is 344 g/mol. The molecule has 0 aliphatic carbocycles. The van der Waals surface area contributed by atoms with Crippen molar-refractivity contribution in [1.29, 1.82) is 5.26 Å². The molecule has 0 saturated carbocycles. The van der Waals surface area contributed by atoms with E-state index in [2.05, 4.69) is 46.4 Å². The van der Waals surface area contributed by atoms with E-state index in [0.717, 1.165) is 15.6 Å². The van der Waals surface area contributed by atoms with Crippen LogP contribution in [0.4, 0.5) is 0 Å². The summed E-state index contributed by atoms with van der Waals surface area (Å²) in [7, 11) is 0. The van der Waals surface area contributed by atoms with Crippen LogP contribution in [0.25, 0.3) is 0 Å². The Kier molecular flexibility index (Phi) is 5.51. The van der Waals surface area contributed by atoms with Crippen LogP contribution in [0, 0.1) is 11.3 Å². The van der Waals surface area contributed by atoms with Crippen LogP contribution in [0.5, 0.6) is 0 Å². The third-order valence-electron chi connectivity index (χ3n) is 3.39. The number of benzene rings is 2. The van der Waals surface area contributed by atoms with Crippen molar-refractivity contribution in [1.82, 2.24) is 5.32 Å². The Balaban J connectivity index is 1.94. The zero-order chi connectivity index (χ0) is 15.2. The summed E-state index contributed by atoms with van der Waals surface area (Å²) in [6.07, 6.45) is -0.590. The number of rotatable bonds is 5. The van der Waals surface area contributed by atoms with Gasteiger partial charge in [-0.25, -0.2) is 0 Å². The summed E-state index contributed by atoms with van der Waals surface area (Å²) in [5, 5.41) is 22.3. The number of aliphatic hydroxyl groups is 1. The molecule has 2 aromatic rings. The summed E-state index contributed by atoms with van der Waals surface area (Å²) in [4.78, 5) is 0. The minimum absolute atomic E-state index is 0.149. The molecular weight excluding hydrogens is 328 g/mol. The lowest BCUT2D eigenvalue weighted by molar-refractivity contribution is 0.171. The number of nitrogens with zero attached hydrogens (tertiary/aromatic N) is 1. The molecule has 0 aliphatic rings. The van der Waals surface area contributed by atoms with Crippen molar-refractivity contribution in [3.8, 4) is 6.07 Å². The van der Waals surface area contributed by atoms with E-state index in [4.69, 9.17) is 5.26 Å². The van der Waals surface area contributed by atoms with Gasteiger partial charge in [0.1, 0.15) is 0 Å². The molecule has 0 heterocycles. The number of halogens is 1. The quantitative estimate of drug-likeness (QED) is 0.869. The maximum atomic E-state index is 10.2. The molecule has 0 amide bonds. The number of hydrogen-bond donors (Lipinski definition) is 2. The molecule has 4 heteroatoms. The Labute approximate surface area is 133 Å². The first-order chi connectivity index (χ1) is 10.1. The van der Waals surface area contributed by atoms with Crippen molar-refractivity contribution in [3.63, 3.8) is 0 Å². The van der Waals surface area contributed by atoms with Crippen LogP contribution >= 0.6 is 15.9 Å². The van der Waals surface area contributed by atoms with E-state index in [9.17, 15) is 5.11 Å². The Hall–Kier alpha value is -1.67. The fraction of sp³-hybridized carbons (Fsp3) is 0.235. The lowest BCUT2D eigenvalue weighted by Gasteiger charge is -2.18. The lowest BCUT2D eigenvalue weighted by Crippen LogP contribution is -2.24. The summed E-state index contributed by atoms with van der Waals surface area (Å²) < 4.78 is 1.04. The van der Waals surface area contributed by atoms with E-state index in [0.29, 0.717) is 12.1 Å². The molecule has 2 rings (SSSR count). The Morgan fingerprint density at radius 2 is 1.90 bits per heavy atom. The molecule has 0 spiro atoms. The van der Waals surface area contributed by atoms with Crippen LogP contribution in [-0.2, 0) is 0 Å². The molecule has 0 saturated heterocycles. The summed E-state index contributed by atoms with van der Waals surface area (Å²) in [6.45, 7) is 2.52. The fourth-order valence-corrected chi connectivity index (χ4v) is 2.50. The van der Waals surface area contributed by atoms with Crippen LogP contribution in [0.15, 0.2) is 53.0 Å².